The van der Waals surface area contributed by atoms with Gasteiger partial charge in [0.05, 0.1) is 0 Å². The summed E-state index contributed by atoms with van der Waals surface area (Å²) in [6.45, 7) is 6.63. The van der Waals surface area contributed by atoms with Crippen molar-refractivity contribution in [2.75, 3.05) is 39.6 Å². The van der Waals surface area contributed by atoms with Crippen molar-refractivity contribution < 1.29 is 4.74 Å². The fourth-order valence-electron chi connectivity index (χ4n) is 0.699. The summed E-state index contributed by atoms with van der Waals surface area (Å²) >= 11 is 0. The summed E-state index contributed by atoms with van der Waals surface area (Å²) in [5.74, 6) is 0. The Labute approximate surface area is 55.2 Å². The summed E-state index contributed by atoms with van der Waals surface area (Å²) < 4.78 is 5.33. The third kappa shape index (κ3) is 1.93. The maximum absolute atomic E-state index is 5.33. The van der Waals surface area contributed by atoms with E-state index in [1.165, 1.54) is 26.2 Å². The number of hydrogen-bond donors (Lipinski definition) is 0. The van der Waals surface area contributed by atoms with Crippen LogP contribution in [-0.2, 0) is 4.74 Å². The van der Waals surface area contributed by atoms with E-state index in [1.54, 1.807) is 0 Å². The number of ether oxygens (including phenoxy) is 1. The van der Waals surface area contributed by atoms with Gasteiger partial charge < -0.3 is 4.74 Å². The van der Waals surface area contributed by atoms with Gasteiger partial charge in [0, 0.05) is 26.2 Å². The molecule has 0 radical (unpaired) electrons. The molecule has 0 N–H and O–H groups in total. The predicted molar refractivity (Wildman–Crippen MR) is 34.0 cm³/mol. The van der Waals surface area contributed by atoms with Crippen LogP contribution in [-0.4, -0.2) is 49.4 Å². The molecule has 0 unspecified atom stereocenters. The van der Waals surface area contributed by atoms with Gasteiger partial charge in [-0.1, -0.05) is 0 Å². The molecule has 0 saturated carbocycles. The van der Waals surface area contributed by atoms with Gasteiger partial charge in [-0.25, -0.2) is 0 Å². The summed E-state index contributed by atoms with van der Waals surface area (Å²) in [5, 5.41) is 0. The van der Waals surface area contributed by atoms with E-state index >= 15 is 0 Å². The van der Waals surface area contributed by atoms with Crippen molar-refractivity contribution >= 4 is 0 Å². The van der Waals surface area contributed by atoms with Gasteiger partial charge in [-0.3, -0.25) is 9.80 Å². The molecule has 52 valence electrons. The van der Waals surface area contributed by atoms with Crippen molar-refractivity contribution in [1.82, 2.24) is 9.80 Å². The monoisotopic (exact) mass is 128 g/mol. The van der Waals surface area contributed by atoms with E-state index in [-0.39, 0.29) is 0 Å². The normalized spacial score (nSPS) is 26.7. The average molecular weight is 128 g/mol. The lowest BCUT2D eigenvalue weighted by molar-refractivity contribution is 0.0423. The largest absolute Gasteiger partial charge is 0.351 e. The lowest BCUT2D eigenvalue weighted by Gasteiger charge is -2.02. The highest BCUT2D eigenvalue weighted by molar-refractivity contribution is 4.70. The van der Waals surface area contributed by atoms with Crippen LogP contribution in [0, 0.1) is 0 Å². The Morgan fingerprint density at radius 2 is 1.33 bits per heavy atom. The molecule has 0 aromatic rings. The van der Waals surface area contributed by atoms with Gasteiger partial charge >= 0.3 is 0 Å². The molecular weight excluding hydrogens is 116 g/mol. The molecule has 0 aliphatic carbocycles. The first-order valence-corrected chi connectivity index (χ1v) is 3.47. The van der Waals surface area contributed by atoms with Crippen molar-refractivity contribution in [2.24, 2.45) is 0 Å². The highest BCUT2D eigenvalue weighted by Gasteiger charge is 2.20. The quantitative estimate of drug-likeness (QED) is 0.477. The summed E-state index contributed by atoms with van der Waals surface area (Å²) in [6.07, 6.45) is 0. The Morgan fingerprint density at radius 1 is 0.889 bits per heavy atom. The fourth-order valence-corrected chi connectivity index (χ4v) is 0.699. The number of rotatable bonds is 4. The molecule has 0 aromatic heterocycles. The van der Waals surface area contributed by atoms with Gasteiger partial charge in [0.1, 0.15) is 13.5 Å². The predicted octanol–water partition coefficient (Wildman–Crippen LogP) is -0.451. The minimum atomic E-state index is 0.844. The minimum absolute atomic E-state index is 0.844. The molecule has 0 amide bonds. The highest BCUT2D eigenvalue weighted by Crippen LogP contribution is 2.05. The van der Waals surface area contributed by atoms with E-state index in [4.69, 9.17) is 4.74 Å². The average Bonchev–Trinajstić information content (AvgIpc) is 2.57. The molecule has 0 atom stereocenters. The van der Waals surface area contributed by atoms with E-state index < -0.39 is 0 Å². The first kappa shape index (κ1) is 5.65. The maximum Gasteiger partial charge on any atom is 0.101 e. The Hall–Kier alpha value is -0.120. The van der Waals surface area contributed by atoms with E-state index in [0.717, 1.165) is 13.5 Å². The van der Waals surface area contributed by atoms with Crippen LogP contribution in [0.15, 0.2) is 0 Å². The third-order valence-electron chi connectivity index (χ3n) is 1.63. The van der Waals surface area contributed by atoms with Crippen LogP contribution in [0.1, 0.15) is 0 Å². The van der Waals surface area contributed by atoms with Crippen LogP contribution in [0.25, 0.3) is 0 Å². The third-order valence-corrected chi connectivity index (χ3v) is 1.63. The Morgan fingerprint density at radius 3 is 1.67 bits per heavy atom. The summed E-state index contributed by atoms with van der Waals surface area (Å²) in [5.41, 5.74) is 0. The Kier molecular flexibility index (Phi) is 1.41. The molecule has 0 aromatic carbocycles. The molecule has 3 nitrogen and oxygen atoms in total. The standard InChI is InChI=1S/C6H12N2O/c1-2-7(1)5-9-6-8-3-4-8/h1-6H2. The summed E-state index contributed by atoms with van der Waals surface area (Å²) in [7, 11) is 0. The molecular formula is C6H12N2O. The second-order valence-corrected chi connectivity index (χ2v) is 2.70. The number of nitrogens with zero attached hydrogens (tertiary/aromatic N) is 2. The van der Waals surface area contributed by atoms with Crippen LogP contribution in [0.5, 0.6) is 0 Å². The minimum Gasteiger partial charge on any atom is -0.351 e. The van der Waals surface area contributed by atoms with Crippen molar-refractivity contribution in [3.8, 4) is 0 Å². The van der Waals surface area contributed by atoms with E-state index in [0.29, 0.717) is 0 Å². The first-order valence-electron chi connectivity index (χ1n) is 3.47. The Bertz CT molecular complexity index is 87.2. The summed E-state index contributed by atoms with van der Waals surface area (Å²) in [6, 6.07) is 0. The Balaban J connectivity index is 1.46. The van der Waals surface area contributed by atoms with Crippen molar-refractivity contribution in [3.63, 3.8) is 0 Å². The van der Waals surface area contributed by atoms with Gasteiger partial charge in [-0.2, -0.15) is 0 Å². The van der Waals surface area contributed by atoms with Crippen molar-refractivity contribution in [1.29, 1.82) is 0 Å². The maximum atomic E-state index is 5.33. The molecule has 0 bridgehead atoms. The lowest BCUT2D eigenvalue weighted by atomic mass is 11.0. The van der Waals surface area contributed by atoms with E-state index in [1.807, 2.05) is 0 Å². The molecule has 2 aliphatic heterocycles. The molecule has 2 heterocycles. The van der Waals surface area contributed by atoms with Gasteiger partial charge in [0.25, 0.3) is 0 Å². The topological polar surface area (TPSA) is 15.2 Å². The highest BCUT2D eigenvalue weighted by atomic mass is 16.5. The van der Waals surface area contributed by atoms with Crippen LogP contribution >= 0.6 is 0 Å². The molecule has 9 heavy (non-hydrogen) atoms. The smallest absolute Gasteiger partial charge is 0.101 e. The SMILES string of the molecule is C1CN1COCN1CC1. The van der Waals surface area contributed by atoms with Crippen LogP contribution < -0.4 is 0 Å². The second kappa shape index (κ2) is 2.25. The van der Waals surface area contributed by atoms with Gasteiger partial charge in [0.15, 0.2) is 0 Å². The zero-order valence-corrected chi connectivity index (χ0v) is 5.55. The number of hydrogen-bond acceptors (Lipinski definition) is 3. The van der Waals surface area contributed by atoms with Crippen molar-refractivity contribution in [2.45, 2.75) is 0 Å². The van der Waals surface area contributed by atoms with Gasteiger partial charge in [-0.15, -0.1) is 0 Å². The zero-order chi connectivity index (χ0) is 6.10. The van der Waals surface area contributed by atoms with E-state index in [2.05, 4.69) is 9.80 Å². The van der Waals surface area contributed by atoms with Gasteiger partial charge in [-0.05, 0) is 0 Å². The molecule has 2 rings (SSSR count). The fraction of sp³-hybridized carbons (Fsp3) is 1.00. The van der Waals surface area contributed by atoms with E-state index in [9.17, 15) is 0 Å². The van der Waals surface area contributed by atoms with Crippen LogP contribution in [0.2, 0.25) is 0 Å². The van der Waals surface area contributed by atoms with Crippen molar-refractivity contribution in [3.05, 3.63) is 0 Å². The molecule has 2 saturated heterocycles. The van der Waals surface area contributed by atoms with Crippen LogP contribution in [0.3, 0.4) is 0 Å². The second-order valence-electron chi connectivity index (χ2n) is 2.70. The zero-order valence-electron chi connectivity index (χ0n) is 5.55. The van der Waals surface area contributed by atoms with Crippen LogP contribution in [0.4, 0.5) is 0 Å². The molecule has 2 aliphatic rings. The molecule has 2 fully saturated rings. The first-order chi connectivity index (χ1) is 4.45. The molecule has 0 spiro atoms. The lowest BCUT2D eigenvalue weighted by Crippen LogP contribution is -2.10. The van der Waals surface area contributed by atoms with Gasteiger partial charge in [0.2, 0.25) is 0 Å². The summed E-state index contributed by atoms with van der Waals surface area (Å²) in [4.78, 5) is 4.53. The molecule has 3 heteroatoms.